The number of esters is 1. The maximum Gasteiger partial charge on any atom is 0.397 e. The number of alkyl halides is 3. The van der Waals surface area contributed by atoms with E-state index in [4.69, 9.17) is 0 Å². The minimum Gasteiger partial charge on any atom is -0.467 e. The zero-order valence-corrected chi connectivity index (χ0v) is 9.95. The first-order chi connectivity index (χ1) is 8.81. The Morgan fingerprint density at radius 1 is 1.53 bits per heavy atom. The average Bonchev–Trinajstić information content (AvgIpc) is 2.77. The molecule has 0 spiro atoms. The monoisotopic (exact) mass is 279 g/mol. The zero-order valence-electron chi connectivity index (χ0n) is 9.95. The number of aromatic amines is 1. The van der Waals surface area contributed by atoms with Crippen LogP contribution in [0.3, 0.4) is 0 Å². The van der Waals surface area contributed by atoms with Crippen LogP contribution in [0, 0.1) is 0 Å². The predicted molar refractivity (Wildman–Crippen MR) is 56.9 cm³/mol. The fourth-order valence-electron chi connectivity index (χ4n) is 1.38. The first kappa shape index (κ1) is 15.0. The minimum absolute atomic E-state index is 0.0315. The summed E-state index contributed by atoms with van der Waals surface area (Å²) in [6, 6.07) is -1.19. The van der Waals surface area contributed by atoms with Gasteiger partial charge in [-0.3, -0.25) is 4.79 Å². The molecular weight excluding hydrogens is 267 g/mol. The number of H-pyrrole nitrogens is 1. The predicted octanol–water partition coefficient (Wildman–Crippen LogP) is 0.562. The molecule has 0 aliphatic heterocycles. The maximum absolute atomic E-state index is 12.0. The van der Waals surface area contributed by atoms with Gasteiger partial charge in [-0.25, -0.2) is 9.78 Å². The van der Waals surface area contributed by atoms with Crippen LogP contribution in [0.2, 0.25) is 0 Å². The molecule has 9 heteroatoms. The van der Waals surface area contributed by atoms with E-state index in [2.05, 4.69) is 14.7 Å². The molecule has 1 aromatic rings. The summed E-state index contributed by atoms with van der Waals surface area (Å²) in [6.45, 7) is 0. The van der Waals surface area contributed by atoms with Gasteiger partial charge >= 0.3 is 12.1 Å². The molecule has 0 saturated carbocycles. The van der Waals surface area contributed by atoms with Gasteiger partial charge in [0.2, 0.25) is 5.91 Å². The minimum atomic E-state index is -4.63. The highest BCUT2D eigenvalue weighted by Gasteiger charge is 2.33. The average molecular weight is 279 g/mol. The lowest BCUT2D eigenvalue weighted by Crippen LogP contribution is -2.44. The molecule has 1 rings (SSSR count). The summed E-state index contributed by atoms with van der Waals surface area (Å²) in [5.74, 6) is -2.12. The number of aromatic nitrogens is 2. The van der Waals surface area contributed by atoms with Crippen LogP contribution in [0.4, 0.5) is 13.2 Å². The van der Waals surface area contributed by atoms with Crippen molar-refractivity contribution in [3.8, 4) is 0 Å². The van der Waals surface area contributed by atoms with Crippen molar-refractivity contribution in [2.24, 2.45) is 0 Å². The molecule has 6 nitrogen and oxygen atoms in total. The molecule has 1 aromatic heterocycles. The summed E-state index contributed by atoms with van der Waals surface area (Å²) >= 11 is 0. The molecule has 0 aliphatic rings. The first-order valence-corrected chi connectivity index (χ1v) is 5.23. The lowest BCUT2D eigenvalue weighted by atomic mass is 10.1. The molecule has 0 saturated heterocycles. The number of imidazole rings is 1. The Morgan fingerprint density at radius 2 is 2.21 bits per heavy atom. The van der Waals surface area contributed by atoms with E-state index in [0.717, 1.165) is 7.11 Å². The van der Waals surface area contributed by atoms with Crippen LogP contribution >= 0.6 is 0 Å². The van der Waals surface area contributed by atoms with Crippen molar-refractivity contribution < 1.29 is 27.5 Å². The summed E-state index contributed by atoms with van der Waals surface area (Å²) in [6.07, 6.45) is -3.56. The molecule has 1 atom stereocenters. The van der Waals surface area contributed by atoms with E-state index in [1.807, 2.05) is 5.32 Å². The fourth-order valence-corrected chi connectivity index (χ4v) is 1.38. The number of nitrogens with one attached hydrogen (secondary N) is 2. The van der Waals surface area contributed by atoms with Crippen molar-refractivity contribution in [2.75, 3.05) is 7.11 Å². The van der Waals surface area contributed by atoms with Gasteiger partial charge in [-0.15, -0.1) is 0 Å². The molecule has 106 valence electrons. The number of nitrogens with zero attached hydrogens (tertiary/aromatic N) is 1. The highest BCUT2D eigenvalue weighted by atomic mass is 19.4. The van der Waals surface area contributed by atoms with E-state index in [0.29, 0.717) is 5.69 Å². The van der Waals surface area contributed by atoms with Crippen LogP contribution in [-0.2, 0) is 20.7 Å². The number of amides is 1. The Hall–Kier alpha value is -2.06. The molecule has 0 aromatic carbocycles. The lowest BCUT2D eigenvalue weighted by Gasteiger charge is -2.16. The van der Waals surface area contributed by atoms with Gasteiger partial charge in [0.25, 0.3) is 0 Å². The van der Waals surface area contributed by atoms with Crippen LogP contribution < -0.4 is 5.32 Å². The number of carbonyl (C=O) groups excluding carboxylic acids is 2. The largest absolute Gasteiger partial charge is 0.467 e. The van der Waals surface area contributed by atoms with Crippen molar-refractivity contribution in [1.29, 1.82) is 0 Å². The highest BCUT2D eigenvalue weighted by molar-refractivity contribution is 5.84. The lowest BCUT2D eigenvalue weighted by molar-refractivity contribution is -0.157. The molecule has 0 fully saturated rings. The van der Waals surface area contributed by atoms with Crippen LogP contribution in [0.5, 0.6) is 0 Å². The Balaban J connectivity index is 2.65. The van der Waals surface area contributed by atoms with Crippen molar-refractivity contribution in [3.63, 3.8) is 0 Å². The molecule has 0 unspecified atom stereocenters. The van der Waals surface area contributed by atoms with Crippen LogP contribution in [0.1, 0.15) is 12.1 Å². The molecule has 1 heterocycles. The smallest absolute Gasteiger partial charge is 0.397 e. The van der Waals surface area contributed by atoms with Gasteiger partial charge in [-0.1, -0.05) is 0 Å². The number of rotatable bonds is 5. The molecule has 19 heavy (non-hydrogen) atoms. The Bertz CT molecular complexity index is 431. The number of methoxy groups -OCH3 is 1. The van der Waals surface area contributed by atoms with Crippen LogP contribution in [-0.4, -0.2) is 41.2 Å². The second-order valence-corrected chi connectivity index (χ2v) is 3.72. The number of hydrogen-bond acceptors (Lipinski definition) is 4. The maximum atomic E-state index is 12.0. The molecule has 0 bridgehead atoms. The third-order valence-electron chi connectivity index (χ3n) is 2.16. The van der Waals surface area contributed by atoms with Gasteiger partial charge in [0.1, 0.15) is 12.5 Å². The van der Waals surface area contributed by atoms with Crippen molar-refractivity contribution in [1.82, 2.24) is 15.3 Å². The first-order valence-electron chi connectivity index (χ1n) is 5.23. The van der Waals surface area contributed by atoms with Gasteiger partial charge in [-0.2, -0.15) is 13.2 Å². The zero-order chi connectivity index (χ0) is 14.5. The Labute approximate surface area is 106 Å². The number of hydrogen-bond donors (Lipinski definition) is 2. The summed E-state index contributed by atoms with van der Waals surface area (Å²) in [7, 11) is 1.08. The third-order valence-corrected chi connectivity index (χ3v) is 2.16. The summed E-state index contributed by atoms with van der Waals surface area (Å²) < 4.78 is 40.5. The second-order valence-electron chi connectivity index (χ2n) is 3.72. The van der Waals surface area contributed by atoms with Gasteiger partial charge in [0.15, 0.2) is 0 Å². The Morgan fingerprint density at radius 3 is 2.68 bits per heavy atom. The summed E-state index contributed by atoms with van der Waals surface area (Å²) in [4.78, 5) is 28.9. The van der Waals surface area contributed by atoms with Gasteiger partial charge in [-0.05, 0) is 0 Å². The number of ether oxygens (including phenoxy) is 1. The fraction of sp³-hybridized carbons (Fsp3) is 0.500. The number of halogens is 3. The van der Waals surface area contributed by atoms with Crippen molar-refractivity contribution in [3.05, 3.63) is 18.2 Å². The topological polar surface area (TPSA) is 84.1 Å². The van der Waals surface area contributed by atoms with Gasteiger partial charge in [0.05, 0.1) is 13.4 Å². The third kappa shape index (κ3) is 5.40. The van der Waals surface area contributed by atoms with E-state index >= 15 is 0 Å². The van der Waals surface area contributed by atoms with Crippen LogP contribution in [0.15, 0.2) is 12.5 Å². The standard InChI is InChI=1S/C10H12F3N3O3/c1-19-9(18)7(2-6-4-14-5-15-6)16-8(17)3-10(11,12)13/h4-5,7H,2-3H2,1H3,(H,14,15)(H,16,17)/t7-/m0/s1. The molecular formula is C10H12F3N3O3. The normalized spacial score (nSPS) is 12.8. The van der Waals surface area contributed by atoms with Crippen LogP contribution in [0.25, 0.3) is 0 Å². The van der Waals surface area contributed by atoms with Crippen molar-refractivity contribution >= 4 is 11.9 Å². The van der Waals surface area contributed by atoms with E-state index in [1.54, 1.807) is 0 Å². The van der Waals surface area contributed by atoms with Gasteiger partial charge < -0.3 is 15.0 Å². The van der Waals surface area contributed by atoms with E-state index in [-0.39, 0.29) is 6.42 Å². The highest BCUT2D eigenvalue weighted by Crippen LogP contribution is 2.19. The van der Waals surface area contributed by atoms with Crippen molar-refractivity contribution in [2.45, 2.75) is 25.1 Å². The van der Waals surface area contributed by atoms with E-state index < -0.39 is 30.5 Å². The Kier molecular flexibility index (Phi) is 4.90. The molecule has 0 aliphatic carbocycles. The number of carbonyl (C=O) groups is 2. The SMILES string of the molecule is COC(=O)[C@H](Cc1cnc[nH]1)NC(=O)CC(F)(F)F. The van der Waals surface area contributed by atoms with Gasteiger partial charge in [0, 0.05) is 18.3 Å². The van der Waals surface area contributed by atoms with E-state index in [1.165, 1.54) is 12.5 Å². The molecule has 1 amide bonds. The summed E-state index contributed by atoms with van der Waals surface area (Å²) in [5.41, 5.74) is 0.489. The molecule has 0 radical (unpaired) electrons. The molecule has 2 N–H and O–H groups in total. The summed E-state index contributed by atoms with van der Waals surface area (Å²) in [5, 5.41) is 1.98. The quantitative estimate of drug-likeness (QED) is 0.771. The van der Waals surface area contributed by atoms with E-state index in [9.17, 15) is 22.8 Å². The second kappa shape index (κ2) is 6.21.